The molecule has 3 N–H and O–H groups in total. The van der Waals surface area contributed by atoms with Crippen molar-refractivity contribution in [1.29, 1.82) is 0 Å². The maximum Gasteiger partial charge on any atom is 0.313 e. The second-order valence-electron chi connectivity index (χ2n) is 5.22. The molecular formula is C14H18N2O6S2. The lowest BCUT2D eigenvalue weighted by molar-refractivity contribution is -0.133. The standard InChI is InChI=1S/C14H18N2O6S2/c17-12-4-3-10(24(21,22)16-5-1-2-6-16)7-11(12)15-13(18)8-23-9-14(19)20/h3-4,7,17H,1-2,5-6,8-9H2,(H,15,18)(H,19,20). The smallest absolute Gasteiger partial charge is 0.313 e. The van der Waals surface area contributed by atoms with Crippen LogP contribution in [0.2, 0.25) is 0 Å². The molecule has 1 aliphatic heterocycles. The predicted molar refractivity (Wildman–Crippen MR) is 89.7 cm³/mol. The van der Waals surface area contributed by atoms with E-state index in [2.05, 4.69) is 5.32 Å². The zero-order valence-electron chi connectivity index (χ0n) is 12.8. The number of aromatic hydroxyl groups is 1. The minimum absolute atomic E-state index is 0.00399. The largest absolute Gasteiger partial charge is 0.506 e. The van der Waals surface area contributed by atoms with E-state index in [4.69, 9.17) is 5.11 Å². The van der Waals surface area contributed by atoms with Gasteiger partial charge in [-0.2, -0.15) is 4.31 Å². The summed E-state index contributed by atoms with van der Waals surface area (Å²) >= 11 is 0.905. The molecule has 0 spiro atoms. The highest BCUT2D eigenvalue weighted by atomic mass is 32.2. The Kier molecular flexibility index (Phi) is 6.08. The number of nitrogens with one attached hydrogen (secondary N) is 1. The maximum absolute atomic E-state index is 12.5. The van der Waals surface area contributed by atoms with E-state index in [1.165, 1.54) is 22.5 Å². The van der Waals surface area contributed by atoms with E-state index in [9.17, 15) is 23.1 Å². The number of rotatable bonds is 7. The molecule has 1 fully saturated rings. The van der Waals surface area contributed by atoms with Crippen LogP contribution < -0.4 is 5.32 Å². The lowest BCUT2D eigenvalue weighted by Crippen LogP contribution is -2.28. The zero-order chi connectivity index (χ0) is 17.7. The third kappa shape index (κ3) is 4.62. The first-order chi connectivity index (χ1) is 11.3. The van der Waals surface area contributed by atoms with E-state index >= 15 is 0 Å². The molecule has 1 aliphatic rings. The van der Waals surface area contributed by atoms with Gasteiger partial charge < -0.3 is 15.5 Å². The number of carbonyl (C=O) groups is 2. The first-order valence-corrected chi connectivity index (χ1v) is 9.83. The molecule has 1 aromatic rings. The molecule has 1 heterocycles. The number of carboxylic acids is 1. The number of phenols is 1. The van der Waals surface area contributed by atoms with E-state index in [0.717, 1.165) is 24.6 Å². The van der Waals surface area contributed by atoms with Gasteiger partial charge >= 0.3 is 5.97 Å². The number of hydrogen-bond acceptors (Lipinski definition) is 6. The van der Waals surface area contributed by atoms with Gasteiger partial charge in [0.15, 0.2) is 0 Å². The average molecular weight is 374 g/mol. The second kappa shape index (κ2) is 7.86. The third-order valence-electron chi connectivity index (χ3n) is 3.40. The summed E-state index contributed by atoms with van der Waals surface area (Å²) in [6.45, 7) is 0.910. The number of carboxylic acid groups (broad SMARTS) is 1. The summed E-state index contributed by atoms with van der Waals surface area (Å²) in [5, 5.41) is 20.7. The molecule has 2 rings (SSSR count). The molecule has 0 atom stereocenters. The SMILES string of the molecule is O=C(O)CSCC(=O)Nc1cc(S(=O)(=O)N2CCCC2)ccc1O. The molecule has 0 aliphatic carbocycles. The lowest BCUT2D eigenvalue weighted by atomic mass is 10.3. The Morgan fingerprint density at radius 1 is 1.21 bits per heavy atom. The molecule has 24 heavy (non-hydrogen) atoms. The van der Waals surface area contributed by atoms with Crippen LogP contribution in [0.25, 0.3) is 0 Å². The van der Waals surface area contributed by atoms with Crippen molar-refractivity contribution < 1.29 is 28.2 Å². The Morgan fingerprint density at radius 3 is 2.50 bits per heavy atom. The van der Waals surface area contributed by atoms with Crippen molar-refractivity contribution in [1.82, 2.24) is 4.31 Å². The second-order valence-corrected chi connectivity index (χ2v) is 8.15. The molecular weight excluding hydrogens is 356 g/mol. The number of aliphatic carboxylic acids is 1. The van der Waals surface area contributed by atoms with Gasteiger partial charge in [0.25, 0.3) is 0 Å². The summed E-state index contributed by atoms with van der Waals surface area (Å²) in [4.78, 5) is 22.2. The van der Waals surface area contributed by atoms with Crippen LogP contribution in [0.4, 0.5) is 5.69 Å². The molecule has 0 aromatic heterocycles. The Balaban J connectivity index is 2.11. The number of benzene rings is 1. The molecule has 0 bridgehead atoms. The van der Waals surface area contributed by atoms with Crippen LogP contribution in [0.15, 0.2) is 23.1 Å². The van der Waals surface area contributed by atoms with Crippen molar-refractivity contribution >= 4 is 39.3 Å². The Labute approximate surface area is 143 Å². The fraction of sp³-hybridized carbons (Fsp3) is 0.429. The van der Waals surface area contributed by atoms with Crippen LogP contribution in [0.1, 0.15) is 12.8 Å². The van der Waals surface area contributed by atoms with Crippen molar-refractivity contribution in [3.05, 3.63) is 18.2 Å². The van der Waals surface area contributed by atoms with Crippen LogP contribution in [0.3, 0.4) is 0 Å². The van der Waals surface area contributed by atoms with Crippen molar-refractivity contribution in [2.24, 2.45) is 0 Å². The van der Waals surface area contributed by atoms with Crippen LogP contribution in [-0.2, 0) is 19.6 Å². The Morgan fingerprint density at radius 2 is 1.88 bits per heavy atom. The first-order valence-electron chi connectivity index (χ1n) is 7.23. The number of hydrogen-bond donors (Lipinski definition) is 3. The number of sulfonamides is 1. The first kappa shape index (κ1) is 18.6. The molecule has 1 saturated heterocycles. The molecule has 132 valence electrons. The predicted octanol–water partition coefficient (Wildman–Crippen LogP) is 0.933. The van der Waals surface area contributed by atoms with Crippen LogP contribution in [-0.4, -0.2) is 59.4 Å². The fourth-order valence-electron chi connectivity index (χ4n) is 2.27. The molecule has 0 radical (unpaired) electrons. The zero-order valence-corrected chi connectivity index (χ0v) is 14.4. The van der Waals surface area contributed by atoms with Gasteiger partial charge in [-0.25, -0.2) is 8.42 Å². The lowest BCUT2D eigenvalue weighted by Gasteiger charge is -2.16. The van der Waals surface area contributed by atoms with Gasteiger partial charge in [-0.15, -0.1) is 11.8 Å². The van der Waals surface area contributed by atoms with Crippen LogP contribution in [0.5, 0.6) is 5.75 Å². The van der Waals surface area contributed by atoms with E-state index in [1.807, 2.05) is 0 Å². The van der Waals surface area contributed by atoms with Crippen LogP contribution >= 0.6 is 11.8 Å². The van der Waals surface area contributed by atoms with E-state index < -0.39 is 21.9 Å². The van der Waals surface area contributed by atoms with E-state index in [-0.39, 0.29) is 27.8 Å². The monoisotopic (exact) mass is 374 g/mol. The minimum atomic E-state index is -3.65. The van der Waals surface area contributed by atoms with Crippen molar-refractivity contribution in [3.8, 4) is 5.75 Å². The molecule has 10 heteroatoms. The summed E-state index contributed by atoms with van der Waals surface area (Å²) in [6.07, 6.45) is 1.61. The van der Waals surface area contributed by atoms with Gasteiger partial charge in [0, 0.05) is 13.1 Å². The topological polar surface area (TPSA) is 124 Å². The number of carbonyl (C=O) groups excluding carboxylic acids is 1. The summed E-state index contributed by atoms with van der Waals surface area (Å²) in [5.41, 5.74) is -0.0174. The highest BCUT2D eigenvalue weighted by Gasteiger charge is 2.27. The molecule has 1 aromatic carbocycles. The van der Waals surface area contributed by atoms with Crippen molar-refractivity contribution in [2.45, 2.75) is 17.7 Å². The summed E-state index contributed by atoms with van der Waals surface area (Å²) in [7, 11) is -3.65. The summed E-state index contributed by atoms with van der Waals surface area (Å²) < 4.78 is 26.4. The maximum atomic E-state index is 12.5. The normalized spacial score (nSPS) is 15.3. The van der Waals surface area contributed by atoms with Gasteiger partial charge in [-0.1, -0.05) is 0 Å². The van der Waals surface area contributed by atoms with E-state index in [0.29, 0.717) is 13.1 Å². The van der Waals surface area contributed by atoms with Gasteiger partial charge in [0.2, 0.25) is 15.9 Å². The van der Waals surface area contributed by atoms with Gasteiger partial charge in [-0.3, -0.25) is 9.59 Å². The van der Waals surface area contributed by atoms with Crippen molar-refractivity contribution in [3.63, 3.8) is 0 Å². The Bertz CT molecular complexity index is 729. The quantitative estimate of drug-likeness (QED) is 0.607. The van der Waals surface area contributed by atoms with Crippen LogP contribution in [0, 0.1) is 0 Å². The number of thioether (sulfide) groups is 1. The highest BCUT2D eigenvalue weighted by Crippen LogP contribution is 2.29. The number of phenolic OH excluding ortho intramolecular Hbond substituents is 1. The van der Waals surface area contributed by atoms with Gasteiger partial charge in [0.1, 0.15) is 5.75 Å². The van der Waals surface area contributed by atoms with Gasteiger partial charge in [-0.05, 0) is 31.0 Å². The highest BCUT2D eigenvalue weighted by molar-refractivity contribution is 8.00. The Hall–Kier alpha value is -1.78. The molecule has 0 unspecified atom stereocenters. The minimum Gasteiger partial charge on any atom is -0.506 e. The number of nitrogens with zero attached hydrogens (tertiary/aromatic N) is 1. The fourth-order valence-corrected chi connectivity index (χ4v) is 4.35. The van der Waals surface area contributed by atoms with Crippen molar-refractivity contribution in [2.75, 3.05) is 29.9 Å². The molecule has 0 saturated carbocycles. The average Bonchev–Trinajstić information content (AvgIpc) is 3.04. The number of anilines is 1. The van der Waals surface area contributed by atoms with E-state index in [1.54, 1.807) is 0 Å². The molecule has 1 amide bonds. The molecule has 8 nitrogen and oxygen atoms in total. The van der Waals surface area contributed by atoms with Gasteiger partial charge in [0.05, 0.1) is 22.1 Å². The number of amides is 1. The summed E-state index contributed by atoms with van der Waals surface area (Å²) in [6, 6.07) is 3.71. The third-order valence-corrected chi connectivity index (χ3v) is 6.22. The summed E-state index contributed by atoms with van der Waals surface area (Å²) in [5.74, 6) is -2.15.